The van der Waals surface area contributed by atoms with Gasteiger partial charge in [-0.25, -0.2) is 4.68 Å². The van der Waals surface area contributed by atoms with Gasteiger partial charge in [0.2, 0.25) is 0 Å². The molecule has 7 heteroatoms. The molecule has 20 heavy (non-hydrogen) atoms. The molecular weight excluding hydrogens is 294 g/mol. The molecule has 1 aromatic carbocycles. The molecule has 0 aliphatic carbocycles. The largest absolute Gasteiger partial charge is 0.380 e. The molecule has 0 unspecified atom stereocenters. The summed E-state index contributed by atoms with van der Waals surface area (Å²) in [4.78, 5) is 1.20. The van der Waals surface area contributed by atoms with Crippen molar-refractivity contribution in [2.24, 2.45) is 0 Å². The van der Waals surface area contributed by atoms with Crippen LogP contribution in [0.3, 0.4) is 0 Å². The maximum Gasteiger partial charge on any atom is 0.143 e. The molecule has 102 valence electrons. The lowest BCUT2D eigenvalue weighted by Gasteiger charge is -2.10. The molecule has 2 aromatic heterocycles. The van der Waals surface area contributed by atoms with E-state index in [0.717, 1.165) is 22.3 Å². The number of thiophene rings is 1. The second kappa shape index (κ2) is 5.60. The average Bonchev–Trinajstić information content (AvgIpc) is 3.09. The smallest absolute Gasteiger partial charge is 0.143 e. The Bertz CT molecular complexity index is 707. The number of hydrogen-bond acceptors (Lipinski definition) is 5. The number of rotatable bonds is 4. The fourth-order valence-electron chi connectivity index (χ4n) is 1.85. The Morgan fingerprint density at radius 3 is 2.90 bits per heavy atom. The van der Waals surface area contributed by atoms with Crippen LogP contribution in [-0.2, 0) is 6.54 Å². The minimum Gasteiger partial charge on any atom is -0.380 e. The van der Waals surface area contributed by atoms with Crippen molar-refractivity contribution in [2.75, 3.05) is 5.32 Å². The van der Waals surface area contributed by atoms with E-state index in [0.29, 0.717) is 0 Å². The van der Waals surface area contributed by atoms with Gasteiger partial charge >= 0.3 is 0 Å². The van der Waals surface area contributed by atoms with E-state index < -0.39 is 0 Å². The molecule has 0 saturated carbocycles. The first-order valence-corrected chi connectivity index (χ1v) is 7.24. The Labute approximate surface area is 125 Å². The maximum atomic E-state index is 5.93. The molecule has 0 fully saturated rings. The fraction of sp³-hybridized carbons (Fsp3) is 0.154. The lowest BCUT2D eigenvalue weighted by Crippen LogP contribution is -2.02. The standard InChI is InChI=1S/C13H12ClN5S/c1-9-2-3-10(19-8-16-17-18-19)6-12(9)15-7-11-4-5-13(14)20-11/h2-6,8,15H,7H2,1H3. The summed E-state index contributed by atoms with van der Waals surface area (Å²) in [5.74, 6) is 0. The monoisotopic (exact) mass is 305 g/mol. The molecule has 0 aliphatic rings. The first kappa shape index (κ1) is 13.1. The predicted molar refractivity (Wildman–Crippen MR) is 80.5 cm³/mol. The van der Waals surface area contributed by atoms with Gasteiger partial charge in [0.1, 0.15) is 6.33 Å². The number of nitrogens with zero attached hydrogens (tertiary/aromatic N) is 4. The number of hydrogen-bond donors (Lipinski definition) is 1. The van der Waals surface area contributed by atoms with Crippen molar-refractivity contribution in [3.05, 3.63) is 51.4 Å². The van der Waals surface area contributed by atoms with Crippen LogP contribution < -0.4 is 5.32 Å². The van der Waals surface area contributed by atoms with Crippen LogP contribution in [0.1, 0.15) is 10.4 Å². The van der Waals surface area contributed by atoms with E-state index in [1.54, 1.807) is 22.3 Å². The highest BCUT2D eigenvalue weighted by Crippen LogP contribution is 2.24. The van der Waals surface area contributed by atoms with Gasteiger partial charge in [0.25, 0.3) is 0 Å². The highest BCUT2D eigenvalue weighted by atomic mass is 35.5. The Balaban J connectivity index is 1.80. The molecule has 0 aliphatic heterocycles. The average molecular weight is 306 g/mol. The minimum atomic E-state index is 0.747. The third kappa shape index (κ3) is 2.81. The van der Waals surface area contributed by atoms with Crippen molar-refractivity contribution in [2.45, 2.75) is 13.5 Å². The van der Waals surface area contributed by atoms with Gasteiger partial charge in [-0.2, -0.15) is 0 Å². The third-order valence-corrected chi connectivity index (χ3v) is 4.15. The molecular formula is C13H12ClN5S. The van der Waals surface area contributed by atoms with E-state index in [-0.39, 0.29) is 0 Å². The SMILES string of the molecule is Cc1ccc(-n2cnnn2)cc1NCc1ccc(Cl)s1. The quantitative estimate of drug-likeness (QED) is 0.803. The van der Waals surface area contributed by atoms with Crippen LogP contribution in [-0.4, -0.2) is 20.2 Å². The van der Waals surface area contributed by atoms with Gasteiger partial charge in [-0.1, -0.05) is 17.7 Å². The van der Waals surface area contributed by atoms with Crippen LogP contribution in [0.4, 0.5) is 5.69 Å². The molecule has 1 N–H and O–H groups in total. The second-order valence-electron chi connectivity index (χ2n) is 4.31. The van der Waals surface area contributed by atoms with Crippen molar-refractivity contribution < 1.29 is 0 Å². The number of aromatic nitrogens is 4. The number of nitrogens with one attached hydrogen (secondary N) is 1. The zero-order valence-electron chi connectivity index (χ0n) is 10.7. The van der Waals surface area contributed by atoms with Crippen LogP contribution in [0.5, 0.6) is 0 Å². The Kier molecular flexibility index (Phi) is 3.66. The molecule has 0 amide bonds. The number of benzene rings is 1. The zero-order valence-corrected chi connectivity index (χ0v) is 12.3. The first-order valence-electron chi connectivity index (χ1n) is 6.04. The summed E-state index contributed by atoms with van der Waals surface area (Å²) in [6.45, 7) is 2.81. The lowest BCUT2D eigenvalue weighted by atomic mass is 10.2. The summed E-state index contributed by atoms with van der Waals surface area (Å²) in [6, 6.07) is 9.99. The molecule has 3 aromatic rings. The van der Waals surface area contributed by atoms with Crippen LogP contribution in [0, 0.1) is 6.92 Å². The molecule has 0 bridgehead atoms. The number of halogens is 1. The molecule has 2 heterocycles. The third-order valence-electron chi connectivity index (χ3n) is 2.92. The summed E-state index contributed by atoms with van der Waals surface area (Å²) >= 11 is 7.51. The van der Waals surface area contributed by atoms with Crippen molar-refractivity contribution in [3.63, 3.8) is 0 Å². The van der Waals surface area contributed by atoms with E-state index in [4.69, 9.17) is 11.6 Å². The highest BCUT2D eigenvalue weighted by molar-refractivity contribution is 7.16. The summed E-state index contributed by atoms with van der Waals surface area (Å²) in [5, 5.41) is 14.6. The van der Waals surface area contributed by atoms with Gasteiger partial charge in [0, 0.05) is 17.1 Å². The lowest BCUT2D eigenvalue weighted by molar-refractivity contribution is 0.789. The number of aryl methyl sites for hydroxylation is 1. The normalized spacial score (nSPS) is 10.7. The summed E-state index contributed by atoms with van der Waals surface area (Å²) in [6.07, 6.45) is 1.58. The van der Waals surface area contributed by atoms with Crippen molar-refractivity contribution in [3.8, 4) is 5.69 Å². The molecule has 0 radical (unpaired) electrons. The Morgan fingerprint density at radius 2 is 2.20 bits per heavy atom. The van der Waals surface area contributed by atoms with Crippen LogP contribution in [0.15, 0.2) is 36.7 Å². The van der Waals surface area contributed by atoms with Crippen molar-refractivity contribution >= 4 is 28.6 Å². The number of anilines is 1. The van der Waals surface area contributed by atoms with Crippen LogP contribution in [0.2, 0.25) is 4.34 Å². The summed E-state index contributed by atoms with van der Waals surface area (Å²) in [5.41, 5.74) is 3.15. The fourth-order valence-corrected chi connectivity index (χ4v) is 2.88. The zero-order chi connectivity index (χ0) is 13.9. The van der Waals surface area contributed by atoms with E-state index in [2.05, 4.69) is 27.8 Å². The predicted octanol–water partition coefficient (Wildman–Crippen LogP) is 3.30. The van der Waals surface area contributed by atoms with E-state index in [1.807, 2.05) is 30.3 Å². The Hall–Kier alpha value is -1.92. The second-order valence-corrected chi connectivity index (χ2v) is 6.11. The van der Waals surface area contributed by atoms with Crippen LogP contribution in [0.25, 0.3) is 5.69 Å². The maximum absolute atomic E-state index is 5.93. The summed E-state index contributed by atoms with van der Waals surface area (Å²) < 4.78 is 2.44. The molecule has 0 spiro atoms. The van der Waals surface area contributed by atoms with Gasteiger partial charge in [0.05, 0.1) is 10.0 Å². The van der Waals surface area contributed by atoms with Crippen molar-refractivity contribution in [1.29, 1.82) is 0 Å². The van der Waals surface area contributed by atoms with Crippen molar-refractivity contribution in [1.82, 2.24) is 20.2 Å². The highest BCUT2D eigenvalue weighted by Gasteiger charge is 2.04. The number of tetrazole rings is 1. The van der Waals surface area contributed by atoms with Gasteiger partial charge in [-0.05, 0) is 47.2 Å². The van der Waals surface area contributed by atoms with Crippen LogP contribution >= 0.6 is 22.9 Å². The van der Waals surface area contributed by atoms with Gasteiger partial charge < -0.3 is 5.32 Å². The molecule has 0 atom stereocenters. The first-order chi connectivity index (χ1) is 9.72. The van der Waals surface area contributed by atoms with E-state index in [9.17, 15) is 0 Å². The summed E-state index contributed by atoms with van der Waals surface area (Å²) in [7, 11) is 0. The topological polar surface area (TPSA) is 55.6 Å². The van der Waals surface area contributed by atoms with Gasteiger partial charge in [-0.15, -0.1) is 16.4 Å². The van der Waals surface area contributed by atoms with Gasteiger partial charge in [0.15, 0.2) is 0 Å². The minimum absolute atomic E-state index is 0.747. The van der Waals surface area contributed by atoms with E-state index in [1.165, 1.54) is 10.4 Å². The molecule has 3 rings (SSSR count). The molecule has 0 saturated heterocycles. The Morgan fingerprint density at radius 1 is 1.30 bits per heavy atom. The van der Waals surface area contributed by atoms with Gasteiger partial charge in [-0.3, -0.25) is 0 Å². The van der Waals surface area contributed by atoms with E-state index >= 15 is 0 Å². The molecule has 5 nitrogen and oxygen atoms in total.